The Morgan fingerprint density at radius 1 is 0.964 bits per heavy atom. The summed E-state index contributed by atoms with van der Waals surface area (Å²) in [5.41, 5.74) is 1.13. The standard InChI is InChI=1S/C19H21Cl2N3O3S/c1-22(2)28(26,27)14-7-8-16(20)15(13-14)19(25)24-11-9-23(10-12-24)18-6-4-3-5-17(18)21/h3-8,13H,9-12H2,1-2H3. The number of sulfonamides is 1. The van der Waals surface area contributed by atoms with Crippen LogP contribution < -0.4 is 4.90 Å². The molecule has 0 atom stereocenters. The van der Waals surface area contributed by atoms with Gasteiger partial charge >= 0.3 is 0 Å². The Balaban J connectivity index is 1.78. The predicted molar refractivity (Wildman–Crippen MR) is 112 cm³/mol. The van der Waals surface area contributed by atoms with Gasteiger partial charge in [0.15, 0.2) is 0 Å². The molecule has 6 nitrogen and oxygen atoms in total. The molecule has 0 aliphatic carbocycles. The van der Waals surface area contributed by atoms with Crippen molar-refractivity contribution in [1.82, 2.24) is 9.21 Å². The van der Waals surface area contributed by atoms with Gasteiger partial charge in [0.1, 0.15) is 0 Å². The molecule has 1 fully saturated rings. The number of amides is 1. The number of hydrogen-bond acceptors (Lipinski definition) is 4. The summed E-state index contributed by atoms with van der Waals surface area (Å²) in [5.74, 6) is -0.278. The van der Waals surface area contributed by atoms with E-state index >= 15 is 0 Å². The van der Waals surface area contributed by atoms with E-state index < -0.39 is 10.0 Å². The molecule has 2 aromatic carbocycles. The van der Waals surface area contributed by atoms with Gasteiger partial charge in [-0.2, -0.15) is 0 Å². The van der Waals surface area contributed by atoms with Crippen molar-refractivity contribution in [2.45, 2.75) is 4.90 Å². The van der Waals surface area contributed by atoms with Gasteiger partial charge in [0, 0.05) is 40.3 Å². The first-order chi connectivity index (χ1) is 13.2. The second-order valence-corrected chi connectivity index (χ2v) is 9.63. The third-order valence-corrected chi connectivity index (χ3v) is 7.17. The van der Waals surface area contributed by atoms with Gasteiger partial charge in [0.2, 0.25) is 10.0 Å². The molecule has 150 valence electrons. The summed E-state index contributed by atoms with van der Waals surface area (Å²) in [6.07, 6.45) is 0. The fourth-order valence-corrected chi connectivity index (χ4v) is 4.45. The number of nitrogens with zero attached hydrogens (tertiary/aromatic N) is 3. The van der Waals surface area contributed by atoms with Crippen LogP contribution in [0.5, 0.6) is 0 Å². The molecule has 0 N–H and O–H groups in total. The van der Waals surface area contributed by atoms with Crippen molar-refractivity contribution in [2.75, 3.05) is 45.2 Å². The minimum absolute atomic E-state index is 0.0416. The second kappa shape index (κ2) is 8.29. The molecule has 9 heteroatoms. The average Bonchev–Trinajstić information content (AvgIpc) is 2.68. The Kier molecular flexibility index (Phi) is 6.19. The molecule has 0 bridgehead atoms. The van der Waals surface area contributed by atoms with E-state index in [1.54, 1.807) is 4.90 Å². The first-order valence-corrected chi connectivity index (χ1v) is 10.9. The summed E-state index contributed by atoms with van der Waals surface area (Å²) in [7, 11) is -0.761. The highest BCUT2D eigenvalue weighted by Gasteiger charge is 2.26. The topological polar surface area (TPSA) is 60.9 Å². The Hall–Kier alpha value is -1.80. The van der Waals surface area contributed by atoms with Crippen molar-refractivity contribution >= 4 is 44.8 Å². The number of carbonyl (C=O) groups is 1. The normalized spacial score (nSPS) is 15.2. The van der Waals surface area contributed by atoms with Gasteiger partial charge in [-0.05, 0) is 30.3 Å². The monoisotopic (exact) mass is 441 g/mol. The van der Waals surface area contributed by atoms with Crippen LogP contribution in [0.1, 0.15) is 10.4 Å². The summed E-state index contributed by atoms with van der Waals surface area (Å²) < 4.78 is 25.8. The average molecular weight is 442 g/mol. The zero-order valence-electron chi connectivity index (χ0n) is 15.6. The lowest BCUT2D eigenvalue weighted by molar-refractivity contribution is 0.0746. The van der Waals surface area contributed by atoms with E-state index in [2.05, 4.69) is 4.90 Å². The molecule has 3 rings (SSSR count). The summed E-state index contributed by atoms with van der Waals surface area (Å²) in [5, 5.41) is 0.906. The van der Waals surface area contributed by atoms with E-state index in [1.165, 1.54) is 32.3 Å². The van der Waals surface area contributed by atoms with E-state index in [1.807, 2.05) is 24.3 Å². The quantitative estimate of drug-likeness (QED) is 0.730. The van der Waals surface area contributed by atoms with E-state index in [4.69, 9.17) is 23.2 Å². The van der Waals surface area contributed by atoms with Crippen LogP contribution in [0.4, 0.5) is 5.69 Å². The van der Waals surface area contributed by atoms with Crippen molar-refractivity contribution in [2.24, 2.45) is 0 Å². The number of benzene rings is 2. The van der Waals surface area contributed by atoms with Crippen molar-refractivity contribution in [3.63, 3.8) is 0 Å². The van der Waals surface area contributed by atoms with Gasteiger partial charge in [-0.25, -0.2) is 12.7 Å². The first kappa shape index (κ1) is 20.9. The van der Waals surface area contributed by atoms with Crippen LogP contribution in [-0.4, -0.2) is 63.8 Å². The van der Waals surface area contributed by atoms with Crippen LogP contribution in [0.25, 0.3) is 0 Å². The zero-order chi connectivity index (χ0) is 20.5. The smallest absolute Gasteiger partial charge is 0.255 e. The maximum atomic E-state index is 13.0. The van der Waals surface area contributed by atoms with Crippen molar-refractivity contribution in [1.29, 1.82) is 0 Å². The maximum absolute atomic E-state index is 13.0. The molecule has 0 radical (unpaired) electrons. The van der Waals surface area contributed by atoms with E-state index in [-0.39, 0.29) is 21.4 Å². The van der Waals surface area contributed by atoms with E-state index in [9.17, 15) is 13.2 Å². The Bertz CT molecular complexity index is 988. The molecule has 1 aliphatic heterocycles. The van der Waals surface area contributed by atoms with Crippen molar-refractivity contribution < 1.29 is 13.2 Å². The highest BCUT2D eigenvalue weighted by atomic mass is 35.5. The maximum Gasteiger partial charge on any atom is 0.255 e. The lowest BCUT2D eigenvalue weighted by atomic mass is 10.1. The lowest BCUT2D eigenvalue weighted by Gasteiger charge is -2.36. The highest BCUT2D eigenvalue weighted by molar-refractivity contribution is 7.89. The van der Waals surface area contributed by atoms with Crippen LogP contribution >= 0.6 is 23.2 Å². The molecule has 0 saturated carbocycles. The van der Waals surface area contributed by atoms with E-state index in [0.29, 0.717) is 31.2 Å². The van der Waals surface area contributed by atoms with Gasteiger partial charge in [-0.15, -0.1) is 0 Å². The van der Waals surface area contributed by atoms with Crippen LogP contribution in [0.15, 0.2) is 47.4 Å². The molecular formula is C19H21Cl2N3O3S. The van der Waals surface area contributed by atoms with Crippen LogP contribution in [-0.2, 0) is 10.0 Å². The van der Waals surface area contributed by atoms with Crippen LogP contribution in [0.3, 0.4) is 0 Å². The minimum Gasteiger partial charge on any atom is -0.367 e. The van der Waals surface area contributed by atoms with E-state index in [0.717, 1.165) is 9.99 Å². The molecule has 1 amide bonds. The Labute approximate surface area is 175 Å². The van der Waals surface area contributed by atoms with Gasteiger partial charge in [-0.3, -0.25) is 4.79 Å². The van der Waals surface area contributed by atoms with Crippen LogP contribution in [0, 0.1) is 0 Å². The van der Waals surface area contributed by atoms with Gasteiger partial charge in [0.25, 0.3) is 5.91 Å². The molecule has 1 heterocycles. The summed E-state index contributed by atoms with van der Waals surface area (Å²) in [6, 6.07) is 11.8. The largest absolute Gasteiger partial charge is 0.367 e. The van der Waals surface area contributed by atoms with Gasteiger partial charge in [0.05, 0.1) is 26.2 Å². The fourth-order valence-electron chi connectivity index (χ4n) is 3.07. The number of halogens is 2. The van der Waals surface area contributed by atoms with Gasteiger partial charge < -0.3 is 9.80 Å². The number of anilines is 1. The molecule has 1 aliphatic rings. The molecule has 0 spiro atoms. The highest BCUT2D eigenvalue weighted by Crippen LogP contribution is 2.27. The predicted octanol–water partition coefficient (Wildman–Crippen LogP) is 3.21. The molecule has 28 heavy (non-hydrogen) atoms. The Morgan fingerprint density at radius 2 is 1.61 bits per heavy atom. The third-order valence-electron chi connectivity index (χ3n) is 4.71. The molecule has 1 saturated heterocycles. The van der Waals surface area contributed by atoms with Gasteiger partial charge in [-0.1, -0.05) is 35.3 Å². The van der Waals surface area contributed by atoms with Crippen LogP contribution in [0.2, 0.25) is 10.0 Å². The minimum atomic E-state index is -3.65. The summed E-state index contributed by atoms with van der Waals surface area (Å²) >= 11 is 12.5. The number of hydrogen-bond donors (Lipinski definition) is 0. The van der Waals surface area contributed by atoms with Crippen molar-refractivity contribution in [3.8, 4) is 0 Å². The summed E-state index contributed by atoms with van der Waals surface area (Å²) in [4.78, 5) is 16.8. The number of rotatable bonds is 4. The SMILES string of the molecule is CN(C)S(=O)(=O)c1ccc(Cl)c(C(=O)N2CCN(c3ccccc3Cl)CC2)c1. The second-order valence-electron chi connectivity index (χ2n) is 6.66. The fraction of sp³-hybridized carbons (Fsp3) is 0.316. The Morgan fingerprint density at radius 3 is 2.21 bits per heavy atom. The molecule has 0 aromatic heterocycles. The van der Waals surface area contributed by atoms with Crippen molar-refractivity contribution in [3.05, 3.63) is 58.1 Å². The molecular weight excluding hydrogens is 421 g/mol. The lowest BCUT2D eigenvalue weighted by Crippen LogP contribution is -2.49. The molecule has 0 unspecified atom stereocenters. The number of carbonyl (C=O) groups excluding carboxylic acids is 1. The first-order valence-electron chi connectivity index (χ1n) is 8.72. The third kappa shape index (κ3) is 4.12. The molecule has 2 aromatic rings. The summed E-state index contributed by atoms with van der Waals surface area (Å²) in [6.45, 7) is 2.24. The number of para-hydroxylation sites is 1. The number of piperazine rings is 1. The zero-order valence-corrected chi connectivity index (χ0v) is 17.9.